The van der Waals surface area contributed by atoms with E-state index in [1.165, 1.54) is 0 Å². The normalized spacial score (nSPS) is 12.9. The predicted octanol–water partition coefficient (Wildman–Crippen LogP) is 1.94. The van der Waals surface area contributed by atoms with Crippen molar-refractivity contribution < 1.29 is 9.47 Å². The van der Waals surface area contributed by atoms with Gasteiger partial charge >= 0.3 is 0 Å². The lowest BCUT2D eigenvalue weighted by Gasteiger charge is -2.20. The van der Waals surface area contributed by atoms with E-state index in [0.29, 0.717) is 13.2 Å². The topological polar surface area (TPSA) is 42.2 Å². The minimum absolute atomic E-state index is 0.148. The van der Waals surface area contributed by atoms with Crippen molar-refractivity contribution in [1.29, 1.82) is 5.26 Å². The molecule has 0 saturated carbocycles. The van der Waals surface area contributed by atoms with Crippen molar-refractivity contribution in [3.63, 3.8) is 0 Å². The molecule has 0 aromatic carbocycles. The van der Waals surface area contributed by atoms with E-state index in [1.807, 2.05) is 20.8 Å². The van der Waals surface area contributed by atoms with Gasteiger partial charge in [0.1, 0.15) is 0 Å². The third-order valence-corrected chi connectivity index (χ3v) is 1.60. The van der Waals surface area contributed by atoms with Crippen LogP contribution in [0.2, 0.25) is 0 Å². The summed E-state index contributed by atoms with van der Waals surface area (Å²) in [4.78, 5) is 0. The fourth-order valence-corrected chi connectivity index (χ4v) is 0.954. The quantitative estimate of drug-likeness (QED) is 0.573. The smallest absolute Gasteiger partial charge is 0.173 e. The van der Waals surface area contributed by atoms with E-state index in [4.69, 9.17) is 14.7 Å². The summed E-state index contributed by atoms with van der Waals surface area (Å²) < 4.78 is 10.6. The van der Waals surface area contributed by atoms with Crippen LogP contribution >= 0.6 is 0 Å². The lowest BCUT2D eigenvalue weighted by Crippen LogP contribution is -2.25. The molecule has 0 bridgehead atoms. The molecular weight excluding hydrogens is 154 g/mol. The van der Waals surface area contributed by atoms with E-state index >= 15 is 0 Å². The van der Waals surface area contributed by atoms with Crippen molar-refractivity contribution >= 4 is 0 Å². The Balaban J connectivity index is 3.97. The Morgan fingerprint density at radius 2 is 1.67 bits per heavy atom. The maximum atomic E-state index is 8.74. The Kier molecular flexibility index (Phi) is 6.73. The molecule has 0 aliphatic heterocycles. The molecule has 1 unspecified atom stereocenters. The third kappa shape index (κ3) is 3.70. The summed E-state index contributed by atoms with van der Waals surface area (Å²) in [6.07, 6.45) is 0.413. The highest BCUT2D eigenvalue weighted by molar-refractivity contribution is 4.84. The average molecular weight is 171 g/mol. The fourth-order valence-electron chi connectivity index (χ4n) is 0.954. The summed E-state index contributed by atoms with van der Waals surface area (Å²) in [7, 11) is 0. The highest BCUT2D eigenvalue weighted by atomic mass is 16.7. The van der Waals surface area contributed by atoms with E-state index in [0.717, 1.165) is 6.42 Å². The molecule has 70 valence electrons. The van der Waals surface area contributed by atoms with Gasteiger partial charge in [0.15, 0.2) is 6.29 Å². The van der Waals surface area contributed by atoms with Gasteiger partial charge in [-0.05, 0) is 20.3 Å². The second-order valence-electron chi connectivity index (χ2n) is 2.42. The van der Waals surface area contributed by atoms with Crippen LogP contribution in [0.3, 0.4) is 0 Å². The van der Waals surface area contributed by atoms with Gasteiger partial charge in [0.05, 0.1) is 12.0 Å². The molecule has 0 aromatic rings. The van der Waals surface area contributed by atoms with E-state index in [2.05, 4.69) is 6.07 Å². The zero-order valence-corrected chi connectivity index (χ0v) is 8.04. The molecule has 12 heavy (non-hydrogen) atoms. The van der Waals surface area contributed by atoms with E-state index in [9.17, 15) is 0 Å². The summed E-state index contributed by atoms with van der Waals surface area (Å²) >= 11 is 0. The number of nitrogens with zero attached hydrogens (tertiary/aromatic N) is 1. The molecule has 3 nitrogen and oxygen atoms in total. The first-order chi connectivity index (χ1) is 5.79. The Morgan fingerprint density at radius 3 is 1.92 bits per heavy atom. The monoisotopic (exact) mass is 171 g/mol. The molecule has 0 spiro atoms. The van der Waals surface area contributed by atoms with Crippen LogP contribution in [-0.4, -0.2) is 19.5 Å². The van der Waals surface area contributed by atoms with Gasteiger partial charge in [-0.15, -0.1) is 0 Å². The number of hydrogen-bond acceptors (Lipinski definition) is 3. The minimum Gasteiger partial charge on any atom is -0.352 e. The second-order valence-corrected chi connectivity index (χ2v) is 2.42. The van der Waals surface area contributed by atoms with Crippen molar-refractivity contribution in [3.8, 4) is 6.07 Å². The van der Waals surface area contributed by atoms with Crippen LogP contribution in [0.1, 0.15) is 27.2 Å². The molecule has 0 aromatic heterocycles. The molecule has 0 aliphatic rings. The van der Waals surface area contributed by atoms with E-state index in [1.54, 1.807) is 0 Å². The van der Waals surface area contributed by atoms with Gasteiger partial charge in [0, 0.05) is 13.2 Å². The van der Waals surface area contributed by atoms with Crippen LogP contribution in [0.15, 0.2) is 0 Å². The molecule has 3 heteroatoms. The molecule has 0 radical (unpaired) electrons. The number of hydrogen-bond donors (Lipinski definition) is 0. The Hall–Kier alpha value is -0.590. The summed E-state index contributed by atoms with van der Waals surface area (Å²) in [6, 6.07) is 2.17. The van der Waals surface area contributed by atoms with E-state index in [-0.39, 0.29) is 12.2 Å². The number of rotatable bonds is 6. The summed E-state index contributed by atoms with van der Waals surface area (Å²) in [6.45, 7) is 6.93. The zero-order chi connectivity index (χ0) is 9.40. The van der Waals surface area contributed by atoms with Gasteiger partial charge in [-0.1, -0.05) is 6.92 Å². The standard InChI is InChI=1S/C9H17NO2/c1-4-8(7-10)9(11-5-2)12-6-3/h8-9H,4-6H2,1-3H3. The van der Waals surface area contributed by atoms with Crippen LogP contribution in [-0.2, 0) is 9.47 Å². The number of nitriles is 1. The van der Waals surface area contributed by atoms with Gasteiger partial charge < -0.3 is 9.47 Å². The van der Waals surface area contributed by atoms with Crippen LogP contribution in [0.25, 0.3) is 0 Å². The first kappa shape index (κ1) is 11.4. The second kappa shape index (κ2) is 7.08. The molecular formula is C9H17NO2. The molecule has 0 rings (SSSR count). The van der Waals surface area contributed by atoms with Crippen LogP contribution in [0.5, 0.6) is 0 Å². The average Bonchev–Trinajstić information content (AvgIpc) is 2.07. The van der Waals surface area contributed by atoms with Gasteiger partial charge in [-0.3, -0.25) is 0 Å². The first-order valence-corrected chi connectivity index (χ1v) is 4.42. The molecule has 0 fully saturated rings. The SMILES string of the molecule is CCOC(OCC)C(C#N)CC. The number of ether oxygens (including phenoxy) is 2. The first-order valence-electron chi connectivity index (χ1n) is 4.42. The van der Waals surface area contributed by atoms with E-state index < -0.39 is 0 Å². The Morgan fingerprint density at radius 1 is 1.17 bits per heavy atom. The van der Waals surface area contributed by atoms with Crippen LogP contribution in [0.4, 0.5) is 0 Å². The van der Waals surface area contributed by atoms with Gasteiger partial charge in [0.25, 0.3) is 0 Å². The third-order valence-electron chi connectivity index (χ3n) is 1.60. The maximum absolute atomic E-state index is 8.74. The molecule has 1 atom stereocenters. The van der Waals surface area contributed by atoms with Gasteiger partial charge in [0.2, 0.25) is 0 Å². The fraction of sp³-hybridized carbons (Fsp3) is 0.889. The summed E-state index contributed by atoms with van der Waals surface area (Å²) in [5.41, 5.74) is 0. The predicted molar refractivity (Wildman–Crippen MR) is 46.4 cm³/mol. The highest BCUT2D eigenvalue weighted by Gasteiger charge is 2.19. The summed E-state index contributed by atoms with van der Waals surface area (Å²) in [5, 5.41) is 8.74. The van der Waals surface area contributed by atoms with Crippen molar-refractivity contribution in [2.45, 2.75) is 33.5 Å². The molecule has 0 amide bonds. The maximum Gasteiger partial charge on any atom is 0.173 e. The van der Waals surface area contributed by atoms with Gasteiger partial charge in [-0.25, -0.2) is 0 Å². The minimum atomic E-state index is -0.352. The van der Waals surface area contributed by atoms with Crippen molar-refractivity contribution in [2.24, 2.45) is 5.92 Å². The van der Waals surface area contributed by atoms with Crippen molar-refractivity contribution in [2.75, 3.05) is 13.2 Å². The Bertz CT molecular complexity index is 136. The van der Waals surface area contributed by atoms with Gasteiger partial charge in [-0.2, -0.15) is 5.26 Å². The van der Waals surface area contributed by atoms with Crippen LogP contribution in [0, 0.1) is 17.2 Å². The lowest BCUT2D eigenvalue weighted by molar-refractivity contribution is -0.156. The molecule has 0 heterocycles. The van der Waals surface area contributed by atoms with Crippen molar-refractivity contribution in [3.05, 3.63) is 0 Å². The van der Waals surface area contributed by atoms with Crippen molar-refractivity contribution in [1.82, 2.24) is 0 Å². The summed E-state index contributed by atoms with van der Waals surface area (Å²) in [5.74, 6) is -0.148. The highest BCUT2D eigenvalue weighted by Crippen LogP contribution is 2.12. The Labute approximate surface area is 74.3 Å². The molecule has 0 N–H and O–H groups in total. The van der Waals surface area contributed by atoms with Crippen LogP contribution < -0.4 is 0 Å². The lowest BCUT2D eigenvalue weighted by atomic mass is 10.1. The largest absolute Gasteiger partial charge is 0.352 e. The molecule has 0 aliphatic carbocycles. The zero-order valence-electron chi connectivity index (χ0n) is 8.04. The molecule has 0 saturated heterocycles.